The van der Waals surface area contributed by atoms with Gasteiger partial charge in [-0.3, -0.25) is 14.5 Å². The van der Waals surface area contributed by atoms with Crippen LogP contribution in [0, 0.1) is 0 Å². The molecule has 0 spiro atoms. The van der Waals surface area contributed by atoms with Crippen molar-refractivity contribution in [3.05, 3.63) is 67.7 Å². The highest BCUT2D eigenvalue weighted by atomic mass is 35.5. The summed E-state index contributed by atoms with van der Waals surface area (Å²) in [6, 6.07) is 13.0. The lowest BCUT2D eigenvalue weighted by Crippen LogP contribution is -2.48. The highest BCUT2D eigenvalue weighted by molar-refractivity contribution is 7.16. The number of aromatic amines is 1. The fourth-order valence-corrected chi connectivity index (χ4v) is 4.39. The molecular weight excluding hydrogens is 370 g/mol. The first-order valence-corrected chi connectivity index (χ1v) is 9.67. The summed E-state index contributed by atoms with van der Waals surface area (Å²) < 4.78 is 0.800. The fourth-order valence-electron chi connectivity index (χ4n) is 3.26. The van der Waals surface area contributed by atoms with Crippen molar-refractivity contribution >= 4 is 39.6 Å². The highest BCUT2D eigenvalue weighted by Crippen LogP contribution is 2.23. The maximum Gasteiger partial charge on any atom is 0.270 e. The number of fused-ring (bicyclic) bond motifs is 1. The third-order valence-corrected chi connectivity index (χ3v) is 5.87. The maximum absolute atomic E-state index is 12.8. The smallest absolute Gasteiger partial charge is 0.270 e. The van der Waals surface area contributed by atoms with Gasteiger partial charge in [0.15, 0.2) is 0 Å². The number of nitrogens with one attached hydrogen (secondary N) is 1. The summed E-state index contributed by atoms with van der Waals surface area (Å²) in [5.41, 5.74) is 0.131. The van der Waals surface area contributed by atoms with E-state index in [9.17, 15) is 9.59 Å². The third kappa shape index (κ3) is 3.53. The van der Waals surface area contributed by atoms with Gasteiger partial charge in [-0.05, 0) is 29.7 Å². The van der Waals surface area contributed by atoms with Crippen molar-refractivity contribution in [1.29, 1.82) is 0 Å². The molecular formula is C19H18ClN3O2S. The van der Waals surface area contributed by atoms with Gasteiger partial charge in [0.05, 0.1) is 4.34 Å². The number of rotatable bonds is 3. The van der Waals surface area contributed by atoms with Crippen LogP contribution in [0.2, 0.25) is 4.34 Å². The third-order valence-electron chi connectivity index (χ3n) is 4.65. The number of carbonyl (C=O) groups is 1. The molecule has 3 aromatic rings. The van der Waals surface area contributed by atoms with Gasteiger partial charge in [-0.15, -0.1) is 11.3 Å². The van der Waals surface area contributed by atoms with Gasteiger partial charge in [0.2, 0.25) is 0 Å². The van der Waals surface area contributed by atoms with Gasteiger partial charge in [-0.1, -0.05) is 29.8 Å². The molecule has 0 unspecified atom stereocenters. The van der Waals surface area contributed by atoms with Crippen molar-refractivity contribution in [1.82, 2.24) is 14.8 Å². The Kier molecular flexibility index (Phi) is 4.80. The number of benzene rings is 1. The number of pyridine rings is 1. The highest BCUT2D eigenvalue weighted by Gasteiger charge is 2.23. The zero-order valence-electron chi connectivity index (χ0n) is 14.1. The van der Waals surface area contributed by atoms with Gasteiger partial charge >= 0.3 is 0 Å². The van der Waals surface area contributed by atoms with E-state index in [0.29, 0.717) is 24.2 Å². The van der Waals surface area contributed by atoms with E-state index in [0.717, 1.165) is 29.4 Å². The first-order valence-electron chi connectivity index (χ1n) is 8.48. The molecule has 0 radical (unpaired) electrons. The van der Waals surface area contributed by atoms with Crippen LogP contribution in [0.4, 0.5) is 0 Å². The molecule has 1 saturated heterocycles. The second-order valence-corrected chi connectivity index (χ2v) is 8.17. The summed E-state index contributed by atoms with van der Waals surface area (Å²) in [6.45, 7) is 3.75. The molecule has 0 atom stereocenters. The summed E-state index contributed by atoms with van der Waals surface area (Å²) in [5.74, 6) is -0.119. The number of H-pyrrole nitrogens is 1. The van der Waals surface area contributed by atoms with E-state index < -0.39 is 0 Å². The Balaban J connectivity index is 1.44. The lowest BCUT2D eigenvalue weighted by Gasteiger charge is -2.34. The number of carbonyl (C=O) groups excluding carboxylic acids is 1. The van der Waals surface area contributed by atoms with Crippen LogP contribution in [0.15, 0.2) is 47.3 Å². The summed E-state index contributed by atoms with van der Waals surface area (Å²) >= 11 is 7.57. The largest absolute Gasteiger partial charge is 0.335 e. The van der Waals surface area contributed by atoms with Crippen molar-refractivity contribution in [3.8, 4) is 0 Å². The molecule has 1 N–H and O–H groups in total. The van der Waals surface area contributed by atoms with Crippen molar-refractivity contribution < 1.29 is 4.79 Å². The van der Waals surface area contributed by atoms with Gasteiger partial charge in [-0.25, -0.2) is 0 Å². The minimum absolute atomic E-state index is 0.119. The van der Waals surface area contributed by atoms with Crippen LogP contribution in [0.5, 0.6) is 0 Å². The summed E-state index contributed by atoms with van der Waals surface area (Å²) in [5, 5.41) is 1.39. The minimum Gasteiger partial charge on any atom is -0.335 e. The first-order chi connectivity index (χ1) is 12.6. The number of aromatic nitrogens is 1. The lowest BCUT2D eigenvalue weighted by molar-refractivity contribution is 0.0624. The van der Waals surface area contributed by atoms with Crippen LogP contribution in [-0.4, -0.2) is 46.9 Å². The molecule has 1 aliphatic rings. The lowest BCUT2D eigenvalue weighted by atomic mass is 10.1. The van der Waals surface area contributed by atoms with Gasteiger partial charge < -0.3 is 9.88 Å². The molecule has 1 aliphatic heterocycles. The van der Waals surface area contributed by atoms with Crippen LogP contribution in [-0.2, 0) is 6.54 Å². The molecule has 0 aliphatic carbocycles. The molecule has 7 heteroatoms. The Morgan fingerprint density at radius 2 is 1.88 bits per heavy atom. The Bertz CT molecular complexity index is 1010. The summed E-state index contributed by atoms with van der Waals surface area (Å²) in [4.78, 5) is 33.1. The maximum atomic E-state index is 12.8. The molecule has 1 fully saturated rings. The van der Waals surface area contributed by atoms with Crippen LogP contribution < -0.4 is 5.56 Å². The van der Waals surface area contributed by atoms with Crippen LogP contribution >= 0.6 is 22.9 Å². The predicted octanol–water partition coefficient (Wildman–Crippen LogP) is 3.20. The molecule has 5 nitrogen and oxygen atoms in total. The van der Waals surface area contributed by atoms with Crippen molar-refractivity contribution in [3.63, 3.8) is 0 Å². The average molecular weight is 388 g/mol. The number of hydrogen-bond acceptors (Lipinski definition) is 4. The van der Waals surface area contributed by atoms with Crippen molar-refractivity contribution in [2.45, 2.75) is 6.54 Å². The van der Waals surface area contributed by atoms with E-state index in [2.05, 4.69) is 9.88 Å². The van der Waals surface area contributed by atoms with E-state index in [4.69, 9.17) is 11.6 Å². The topological polar surface area (TPSA) is 56.4 Å². The zero-order valence-corrected chi connectivity index (χ0v) is 15.6. The monoisotopic (exact) mass is 387 g/mol. The summed E-state index contributed by atoms with van der Waals surface area (Å²) in [6.07, 6.45) is 0. The van der Waals surface area contributed by atoms with Crippen LogP contribution in [0.3, 0.4) is 0 Å². The molecule has 0 saturated carbocycles. The Morgan fingerprint density at radius 3 is 2.62 bits per heavy atom. The number of thiophene rings is 1. The standard InChI is InChI=1S/C19H18ClN3O2S/c20-17-6-5-14(26-17)12-22-7-9-23(10-8-22)19(25)16-11-13-3-1-2-4-15(13)18(24)21-16/h1-6,11H,7-10,12H2,(H,21,24). The Labute approximate surface area is 159 Å². The number of halogens is 1. The van der Waals surface area contributed by atoms with E-state index in [1.54, 1.807) is 28.4 Å². The van der Waals surface area contributed by atoms with Crippen molar-refractivity contribution in [2.24, 2.45) is 0 Å². The molecule has 2 aromatic heterocycles. The second-order valence-electron chi connectivity index (χ2n) is 6.37. The van der Waals surface area contributed by atoms with E-state index in [-0.39, 0.29) is 11.5 Å². The normalized spacial score (nSPS) is 15.5. The SMILES string of the molecule is O=C(c1cc2ccccc2c(=O)[nH]1)N1CCN(Cc2ccc(Cl)s2)CC1. The fraction of sp³-hybridized carbons (Fsp3) is 0.263. The molecule has 0 bridgehead atoms. The average Bonchev–Trinajstić information content (AvgIpc) is 3.06. The summed E-state index contributed by atoms with van der Waals surface area (Å²) in [7, 11) is 0. The van der Waals surface area contributed by atoms with Gasteiger partial charge in [0.25, 0.3) is 11.5 Å². The molecule has 26 heavy (non-hydrogen) atoms. The number of hydrogen-bond donors (Lipinski definition) is 1. The number of amides is 1. The minimum atomic E-state index is -0.223. The molecule has 1 aromatic carbocycles. The molecule has 3 heterocycles. The van der Waals surface area contributed by atoms with Crippen molar-refractivity contribution in [2.75, 3.05) is 26.2 Å². The molecule has 134 valence electrons. The second kappa shape index (κ2) is 7.23. The van der Waals surface area contributed by atoms with E-state index in [1.807, 2.05) is 30.3 Å². The molecule has 4 rings (SSSR count). The van der Waals surface area contributed by atoms with Crippen LogP contribution in [0.1, 0.15) is 15.4 Å². The Morgan fingerprint density at radius 1 is 1.12 bits per heavy atom. The number of piperazine rings is 1. The van der Waals surface area contributed by atoms with E-state index in [1.165, 1.54) is 4.88 Å². The zero-order chi connectivity index (χ0) is 18.1. The first kappa shape index (κ1) is 17.3. The predicted molar refractivity (Wildman–Crippen MR) is 105 cm³/mol. The molecule has 1 amide bonds. The van der Waals surface area contributed by atoms with E-state index >= 15 is 0 Å². The van der Waals surface area contributed by atoms with Gasteiger partial charge in [0.1, 0.15) is 5.69 Å². The van der Waals surface area contributed by atoms with Gasteiger partial charge in [0, 0.05) is 43.0 Å². The Hall–Kier alpha value is -2.15. The van der Waals surface area contributed by atoms with Gasteiger partial charge in [-0.2, -0.15) is 0 Å². The van der Waals surface area contributed by atoms with Crippen LogP contribution in [0.25, 0.3) is 10.8 Å². The number of nitrogens with zero attached hydrogens (tertiary/aromatic N) is 2. The quantitative estimate of drug-likeness (QED) is 0.750.